The monoisotopic (exact) mass is 268 g/mol. The molecule has 0 saturated heterocycles. The second-order valence-electron chi connectivity index (χ2n) is 7.94. The van der Waals surface area contributed by atoms with E-state index in [1.54, 1.807) is 0 Å². The van der Waals surface area contributed by atoms with Crippen LogP contribution in [0.1, 0.15) is 106 Å². The molecule has 0 bridgehead atoms. The van der Waals surface area contributed by atoms with Crippen LogP contribution in [0.4, 0.5) is 0 Å². The molecule has 0 heteroatoms. The van der Waals surface area contributed by atoms with Gasteiger partial charge in [-0.05, 0) is 30.1 Å². The van der Waals surface area contributed by atoms with Gasteiger partial charge < -0.3 is 0 Å². The molecule has 0 saturated carbocycles. The zero-order valence-corrected chi connectivity index (χ0v) is 14.7. The lowest BCUT2D eigenvalue weighted by Gasteiger charge is -2.25. The maximum Gasteiger partial charge on any atom is -0.0354 e. The summed E-state index contributed by atoms with van der Waals surface area (Å²) in [7, 11) is 0. The van der Waals surface area contributed by atoms with Gasteiger partial charge in [-0.1, -0.05) is 92.9 Å². The zero-order valence-electron chi connectivity index (χ0n) is 14.7. The van der Waals surface area contributed by atoms with Gasteiger partial charge in [0.1, 0.15) is 0 Å². The van der Waals surface area contributed by atoms with Crippen LogP contribution >= 0.6 is 0 Å². The van der Waals surface area contributed by atoms with Crippen molar-refractivity contribution in [3.05, 3.63) is 0 Å². The van der Waals surface area contributed by atoms with Gasteiger partial charge in [-0.2, -0.15) is 0 Å². The lowest BCUT2D eigenvalue weighted by molar-refractivity contribution is 0.274. The van der Waals surface area contributed by atoms with Crippen molar-refractivity contribution < 1.29 is 0 Å². The summed E-state index contributed by atoms with van der Waals surface area (Å²) in [5, 5.41) is 0. The smallest absolute Gasteiger partial charge is 0.0354 e. The molecular weight excluding hydrogens is 228 g/mol. The van der Waals surface area contributed by atoms with Gasteiger partial charge in [0, 0.05) is 0 Å². The Bertz CT molecular complexity index is 190. The standard InChI is InChI=1S/C19H40/c1-7-8-9-15-19(5,6)16-11-14-18(4)13-10-12-17(2)3/h17-18H,7-16H2,1-6H3. The molecule has 0 aromatic carbocycles. The second-order valence-corrected chi connectivity index (χ2v) is 7.94. The van der Waals surface area contributed by atoms with E-state index >= 15 is 0 Å². The highest BCUT2D eigenvalue weighted by Crippen LogP contribution is 2.31. The Morgan fingerprint density at radius 3 is 1.89 bits per heavy atom. The van der Waals surface area contributed by atoms with Crippen LogP contribution in [-0.4, -0.2) is 0 Å². The van der Waals surface area contributed by atoms with Gasteiger partial charge in [-0.25, -0.2) is 0 Å². The van der Waals surface area contributed by atoms with Gasteiger partial charge in [0.2, 0.25) is 0 Å². The molecule has 1 unspecified atom stereocenters. The van der Waals surface area contributed by atoms with Crippen molar-refractivity contribution >= 4 is 0 Å². The highest BCUT2D eigenvalue weighted by atomic mass is 14.2. The van der Waals surface area contributed by atoms with Crippen molar-refractivity contribution in [2.45, 2.75) is 106 Å². The quantitative estimate of drug-likeness (QED) is 0.328. The van der Waals surface area contributed by atoms with Gasteiger partial charge in [0.25, 0.3) is 0 Å². The summed E-state index contributed by atoms with van der Waals surface area (Å²) in [5.74, 6) is 1.81. The number of hydrogen-bond acceptors (Lipinski definition) is 0. The van der Waals surface area contributed by atoms with Crippen molar-refractivity contribution in [3.63, 3.8) is 0 Å². The molecule has 0 amide bonds. The highest BCUT2D eigenvalue weighted by molar-refractivity contribution is 4.69. The lowest BCUT2D eigenvalue weighted by Crippen LogP contribution is -2.11. The van der Waals surface area contributed by atoms with E-state index in [1.807, 2.05) is 0 Å². The van der Waals surface area contributed by atoms with Crippen molar-refractivity contribution in [2.24, 2.45) is 17.3 Å². The molecule has 0 N–H and O–H groups in total. The topological polar surface area (TPSA) is 0 Å². The van der Waals surface area contributed by atoms with Crippen LogP contribution in [0.2, 0.25) is 0 Å². The summed E-state index contributed by atoms with van der Waals surface area (Å²) in [6, 6.07) is 0. The molecule has 0 aromatic rings. The number of rotatable bonds is 12. The summed E-state index contributed by atoms with van der Waals surface area (Å²) in [4.78, 5) is 0. The molecule has 0 aliphatic heterocycles. The molecule has 0 radical (unpaired) electrons. The average molecular weight is 269 g/mol. The van der Waals surface area contributed by atoms with E-state index in [9.17, 15) is 0 Å². The number of hydrogen-bond donors (Lipinski definition) is 0. The average Bonchev–Trinajstić information content (AvgIpc) is 2.28. The molecule has 0 rings (SSSR count). The van der Waals surface area contributed by atoms with Crippen LogP contribution in [0.15, 0.2) is 0 Å². The molecule has 0 aliphatic carbocycles. The minimum atomic E-state index is 0.576. The third kappa shape index (κ3) is 12.8. The van der Waals surface area contributed by atoms with E-state index < -0.39 is 0 Å². The SMILES string of the molecule is CCCCCC(C)(C)CCCC(C)CCCC(C)C. The Balaban J connectivity index is 3.58. The Labute approximate surface area is 123 Å². The zero-order chi connectivity index (χ0) is 14.7. The molecule has 0 nitrogen and oxygen atoms in total. The highest BCUT2D eigenvalue weighted by Gasteiger charge is 2.17. The fourth-order valence-electron chi connectivity index (χ4n) is 2.93. The molecule has 0 heterocycles. The Morgan fingerprint density at radius 1 is 0.737 bits per heavy atom. The lowest BCUT2D eigenvalue weighted by atomic mass is 9.81. The van der Waals surface area contributed by atoms with Crippen molar-refractivity contribution in [1.82, 2.24) is 0 Å². The molecule has 0 aromatic heterocycles. The van der Waals surface area contributed by atoms with Gasteiger partial charge in [0.05, 0.1) is 0 Å². The van der Waals surface area contributed by atoms with E-state index in [0.717, 1.165) is 11.8 Å². The van der Waals surface area contributed by atoms with Crippen LogP contribution in [0.3, 0.4) is 0 Å². The van der Waals surface area contributed by atoms with Crippen molar-refractivity contribution in [3.8, 4) is 0 Å². The Kier molecular flexibility index (Phi) is 10.7. The first kappa shape index (κ1) is 19.0. The Morgan fingerprint density at radius 2 is 1.32 bits per heavy atom. The van der Waals surface area contributed by atoms with Crippen LogP contribution in [0.5, 0.6) is 0 Å². The molecule has 19 heavy (non-hydrogen) atoms. The van der Waals surface area contributed by atoms with Crippen molar-refractivity contribution in [1.29, 1.82) is 0 Å². The second kappa shape index (κ2) is 10.7. The minimum Gasteiger partial charge on any atom is -0.0654 e. The van der Waals surface area contributed by atoms with Gasteiger partial charge in [-0.15, -0.1) is 0 Å². The van der Waals surface area contributed by atoms with E-state index in [0.29, 0.717) is 5.41 Å². The third-order valence-corrected chi connectivity index (χ3v) is 4.49. The molecular formula is C19H40. The van der Waals surface area contributed by atoms with Crippen LogP contribution in [-0.2, 0) is 0 Å². The van der Waals surface area contributed by atoms with E-state index in [2.05, 4.69) is 41.5 Å². The van der Waals surface area contributed by atoms with Gasteiger partial charge in [0.15, 0.2) is 0 Å². The van der Waals surface area contributed by atoms with Crippen LogP contribution < -0.4 is 0 Å². The first-order valence-corrected chi connectivity index (χ1v) is 8.87. The fourth-order valence-corrected chi connectivity index (χ4v) is 2.93. The van der Waals surface area contributed by atoms with Crippen LogP contribution in [0.25, 0.3) is 0 Å². The maximum atomic E-state index is 2.46. The maximum absolute atomic E-state index is 2.46. The minimum absolute atomic E-state index is 0.576. The molecule has 0 fully saturated rings. The predicted octanol–water partition coefficient (Wildman–Crippen LogP) is 7.23. The normalized spacial score (nSPS) is 14.1. The van der Waals surface area contributed by atoms with E-state index in [1.165, 1.54) is 64.2 Å². The fraction of sp³-hybridized carbons (Fsp3) is 1.00. The third-order valence-electron chi connectivity index (χ3n) is 4.49. The van der Waals surface area contributed by atoms with E-state index in [-0.39, 0.29) is 0 Å². The van der Waals surface area contributed by atoms with E-state index in [4.69, 9.17) is 0 Å². The van der Waals surface area contributed by atoms with Crippen LogP contribution in [0, 0.1) is 17.3 Å². The summed E-state index contributed by atoms with van der Waals surface area (Å²) < 4.78 is 0. The largest absolute Gasteiger partial charge is 0.0654 e. The molecule has 0 aliphatic rings. The van der Waals surface area contributed by atoms with Gasteiger partial charge >= 0.3 is 0 Å². The van der Waals surface area contributed by atoms with Gasteiger partial charge in [-0.3, -0.25) is 0 Å². The first-order valence-electron chi connectivity index (χ1n) is 8.87. The number of unbranched alkanes of at least 4 members (excludes halogenated alkanes) is 2. The predicted molar refractivity (Wildman–Crippen MR) is 89.6 cm³/mol. The molecule has 116 valence electrons. The summed E-state index contributed by atoms with van der Waals surface area (Å²) >= 11 is 0. The molecule has 0 spiro atoms. The molecule has 1 atom stereocenters. The summed E-state index contributed by atoms with van der Waals surface area (Å²) in [6.07, 6.45) is 14.2. The van der Waals surface area contributed by atoms with Crippen molar-refractivity contribution in [2.75, 3.05) is 0 Å². The summed E-state index contributed by atoms with van der Waals surface area (Å²) in [6.45, 7) is 14.3. The first-order chi connectivity index (χ1) is 8.87. The summed E-state index contributed by atoms with van der Waals surface area (Å²) in [5.41, 5.74) is 0.576. The Hall–Kier alpha value is 0.